The summed E-state index contributed by atoms with van der Waals surface area (Å²) in [6.07, 6.45) is 0. The number of hydrogen-bond acceptors (Lipinski definition) is 10. The third-order valence-electron chi connectivity index (χ3n) is 8.01. The van der Waals surface area contributed by atoms with Crippen LogP contribution in [0.2, 0.25) is 0 Å². The summed E-state index contributed by atoms with van der Waals surface area (Å²) >= 11 is 3.90. The fourth-order valence-electron chi connectivity index (χ4n) is 5.52. The maximum Gasteiger partial charge on any atom is 0.200 e. The molecule has 0 atom stereocenters. The topological polar surface area (TPSA) is 103 Å². The zero-order chi connectivity index (χ0) is 29.9. The first-order chi connectivity index (χ1) is 19.8. The molecule has 0 aromatic carbocycles. The van der Waals surface area contributed by atoms with Gasteiger partial charge < -0.3 is 0 Å². The third-order valence-corrected chi connectivity index (χ3v) is 11.7. The first-order valence-electron chi connectivity index (χ1n) is 14.4. The van der Waals surface area contributed by atoms with Crippen LogP contribution in [0.1, 0.15) is 78.2 Å². The fraction of sp³-hybridized carbons (Fsp3) is 0.500. The van der Waals surface area contributed by atoms with Crippen LogP contribution >= 0.6 is 23.5 Å². The van der Waals surface area contributed by atoms with Crippen molar-refractivity contribution in [2.24, 2.45) is 0 Å². The molecule has 6 rings (SSSR count). The minimum Gasteiger partial charge on any atom is -0.243 e. The van der Waals surface area contributed by atoms with Crippen LogP contribution in [-0.2, 0) is 21.7 Å². The molecule has 0 radical (unpaired) electrons. The Morgan fingerprint density at radius 3 is 1.14 bits per heavy atom. The SMILES string of the molecule is CC1(C)CSCC(C)(C)c2nc(-c3cccc(-c4cccc(-c5nnc6c(n5)C(C)(C)CSCC6(C)C)n4)n3)nnc21. The van der Waals surface area contributed by atoms with Crippen LogP contribution in [-0.4, -0.2) is 63.3 Å². The second kappa shape index (κ2) is 10.3. The first-order valence-corrected chi connectivity index (χ1v) is 16.7. The molecule has 4 aromatic heterocycles. The number of fused-ring (bicyclic) bond motifs is 2. The molecule has 0 aliphatic carbocycles. The van der Waals surface area contributed by atoms with Gasteiger partial charge in [0.2, 0.25) is 11.6 Å². The normalized spacial score (nSPS) is 20.1. The van der Waals surface area contributed by atoms with E-state index < -0.39 is 0 Å². The third kappa shape index (κ3) is 5.32. The van der Waals surface area contributed by atoms with Gasteiger partial charge in [-0.25, -0.2) is 19.9 Å². The van der Waals surface area contributed by atoms with E-state index in [4.69, 9.17) is 30.1 Å². The number of aromatic nitrogens is 8. The smallest absolute Gasteiger partial charge is 0.200 e. The Labute approximate surface area is 256 Å². The Morgan fingerprint density at radius 2 is 0.762 bits per heavy atom. The molecular formula is C32H38N8S2. The summed E-state index contributed by atoms with van der Waals surface area (Å²) in [4.78, 5) is 20.0. The van der Waals surface area contributed by atoms with Gasteiger partial charge in [-0.1, -0.05) is 67.5 Å². The molecule has 0 saturated carbocycles. The van der Waals surface area contributed by atoms with Crippen molar-refractivity contribution in [2.75, 3.05) is 23.0 Å². The van der Waals surface area contributed by atoms with Crippen molar-refractivity contribution in [3.05, 3.63) is 59.2 Å². The molecule has 4 aromatic rings. The lowest BCUT2D eigenvalue weighted by atomic mass is 9.82. The van der Waals surface area contributed by atoms with Gasteiger partial charge in [-0.15, -0.1) is 10.2 Å². The minimum atomic E-state index is -0.115. The predicted molar refractivity (Wildman–Crippen MR) is 172 cm³/mol. The number of pyridine rings is 2. The van der Waals surface area contributed by atoms with Gasteiger partial charge in [0, 0.05) is 44.7 Å². The van der Waals surface area contributed by atoms with Crippen LogP contribution in [0.5, 0.6) is 0 Å². The second-order valence-electron chi connectivity index (χ2n) is 14.0. The van der Waals surface area contributed by atoms with Crippen molar-refractivity contribution in [3.63, 3.8) is 0 Å². The molecule has 2 aliphatic heterocycles. The number of rotatable bonds is 3. The number of hydrogen-bond donors (Lipinski definition) is 0. The molecule has 218 valence electrons. The van der Waals surface area contributed by atoms with E-state index in [1.54, 1.807) is 0 Å². The lowest BCUT2D eigenvalue weighted by molar-refractivity contribution is 0.513. The standard InChI is InChI=1S/C32H38N8S2/c1-29(2)15-41-17-31(5,6)25-23(29)35-27(39-37-25)21-13-9-11-19(33-21)20-12-10-14-22(34-20)28-36-24-26(38-40-28)32(7,8)18-42-16-30(24,3)4/h9-14H,15-18H2,1-8H3. The Morgan fingerprint density at radius 1 is 0.429 bits per heavy atom. The van der Waals surface area contributed by atoms with E-state index in [2.05, 4.69) is 65.6 Å². The van der Waals surface area contributed by atoms with Crippen molar-refractivity contribution in [1.82, 2.24) is 40.3 Å². The molecule has 0 spiro atoms. The zero-order valence-electron chi connectivity index (χ0n) is 25.7. The minimum absolute atomic E-state index is 0.0948. The van der Waals surface area contributed by atoms with Crippen LogP contribution < -0.4 is 0 Å². The van der Waals surface area contributed by atoms with Gasteiger partial charge in [-0.2, -0.15) is 33.7 Å². The van der Waals surface area contributed by atoms with Crippen molar-refractivity contribution in [3.8, 4) is 34.4 Å². The maximum absolute atomic E-state index is 5.07. The molecular weight excluding hydrogens is 561 g/mol. The summed E-state index contributed by atoms with van der Waals surface area (Å²) < 4.78 is 0. The molecule has 8 nitrogen and oxygen atoms in total. The van der Waals surface area contributed by atoms with Crippen LogP contribution in [0.25, 0.3) is 34.4 Å². The summed E-state index contributed by atoms with van der Waals surface area (Å²) in [5.74, 6) is 5.02. The molecule has 0 bridgehead atoms. The van der Waals surface area contributed by atoms with Gasteiger partial charge in [0.05, 0.1) is 34.2 Å². The van der Waals surface area contributed by atoms with E-state index in [0.717, 1.165) is 57.2 Å². The van der Waals surface area contributed by atoms with Crippen molar-refractivity contribution < 1.29 is 0 Å². The van der Waals surface area contributed by atoms with E-state index in [0.29, 0.717) is 23.0 Å². The highest BCUT2D eigenvalue weighted by Gasteiger charge is 2.39. The van der Waals surface area contributed by atoms with Crippen LogP contribution in [0.15, 0.2) is 36.4 Å². The molecule has 0 saturated heterocycles. The molecule has 6 heterocycles. The molecule has 2 aliphatic rings. The van der Waals surface area contributed by atoms with E-state index >= 15 is 0 Å². The second-order valence-corrected chi connectivity index (χ2v) is 16.0. The monoisotopic (exact) mass is 598 g/mol. The van der Waals surface area contributed by atoms with Crippen LogP contribution in [0.4, 0.5) is 0 Å². The highest BCUT2D eigenvalue weighted by atomic mass is 32.2. The lowest BCUT2D eigenvalue weighted by Gasteiger charge is -2.26. The highest BCUT2D eigenvalue weighted by molar-refractivity contribution is 7.99. The Balaban J connectivity index is 1.38. The number of nitrogens with zero attached hydrogens (tertiary/aromatic N) is 8. The average Bonchev–Trinajstić information content (AvgIpc) is 3.11. The largest absolute Gasteiger partial charge is 0.243 e. The Bertz CT molecular complexity index is 1540. The quantitative estimate of drug-likeness (QED) is 0.261. The Kier molecular flexibility index (Phi) is 7.16. The first kappa shape index (κ1) is 29.1. The molecule has 0 N–H and O–H groups in total. The summed E-state index contributed by atoms with van der Waals surface area (Å²) in [6.45, 7) is 17.8. The van der Waals surface area contributed by atoms with Crippen LogP contribution in [0.3, 0.4) is 0 Å². The lowest BCUT2D eigenvalue weighted by Crippen LogP contribution is -2.29. The van der Waals surface area contributed by atoms with E-state index in [1.807, 2.05) is 59.9 Å². The highest BCUT2D eigenvalue weighted by Crippen LogP contribution is 2.41. The van der Waals surface area contributed by atoms with E-state index in [9.17, 15) is 0 Å². The summed E-state index contributed by atoms with van der Waals surface area (Å²) in [7, 11) is 0. The molecule has 0 unspecified atom stereocenters. The van der Waals surface area contributed by atoms with Crippen molar-refractivity contribution in [1.29, 1.82) is 0 Å². The zero-order valence-corrected chi connectivity index (χ0v) is 27.3. The summed E-state index contributed by atoms with van der Waals surface area (Å²) in [6, 6.07) is 11.7. The van der Waals surface area contributed by atoms with Crippen LogP contribution in [0, 0.1) is 0 Å². The van der Waals surface area contributed by atoms with Gasteiger partial charge in [-0.3, -0.25) is 0 Å². The average molecular weight is 599 g/mol. The number of thioether (sulfide) groups is 2. The van der Waals surface area contributed by atoms with Gasteiger partial charge >= 0.3 is 0 Å². The fourth-order valence-corrected chi connectivity index (χ4v) is 8.32. The predicted octanol–water partition coefficient (Wildman–Crippen LogP) is 6.45. The Hall–Kier alpha value is -2.98. The van der Waals surface area contributed by atoms with Gasteiger partial charge in [0.15, 0.2) is 0 Å². The van der Waals surface area contributed by atoms with Crippen molar-refractivity contribution in [2.45, 2.75) is 77.0 Å². The van der Waals surface area contributed by atoms with E-state index in [1.165, 1.54) is 0 Å². The van der Waals surface area contributed by atoms with Gasteiger partial charge in [0.1, 0.15) is 11.4 Å². The van der Waals surface area contributed by atoms with Crippen molar-refractivity contribution >= 4 is 23.5 Å². The summed E-state index contributed by atoms with van der Waals surface area (Å²) in [5.41, 5.74) is 6.34. The molecule has 10 heteroatoms. The molecule has 0 amide bonds. The van der Waals surface area contributed by atoms with E-state index in [-0.39, 0.29) is 21.7 Å². The maximum atomic E-state index is 5.07. The molecule has 0 fully saturated rings. The van der Waals surface area contributed by atoms with Gasteiger partial charge in [0.25, 0.3) is 0 Å². The summed E-state index contributed by atoms with van der Waals surface area (Å²) in [5, 5.41) is 18.5. The van der Waals surface area contributed by atoms with Gasteiger partial charge in [-0.05, 0) is 24.3 Å². The molecule has 42 heavy (non-hydrogen) atoms.